The number of pyridine rings is 2. The fraction of sp³-hybridized carbons (Fsp3) is 0.421. The number of aromatic amines is 1. The van der Waals surface area contributed by atoms with E-state index in [1.54, 1.807) is 6.20 Å². The van der Waals surface area contributed by atoms with E-state index in [9.17, 15) is 0 Å². The number of nitrogen functional groups attached to an aromatic ring is 1. The second kappa shape index (κ2) is 7.09. The molecule has 1 spiro atoms. The van der Waals surface area contributed by atoms with E-state index in [2.05, 4.69) is 20.1 Å². The zero-order chi connectivity index (χ0) is 19.1. The van der Waals surface area contributed by atoms with Gasteiger partial charge in [-0.15, -0.1) is 0 Å². The molecule has 3 aromatic rings. The Morgan fingerprint density at radius 1 is 1.18 bits per heavy atom. The second-order valence-corrected chi connectivity index (χ2v) is 8.97. The van der Waals surface area contributed by atoms with E-state index in [0.717, 1.165) is 65.7 Å². The molecule has 5 heterocycles. The number of hydrogen-bond donors (Lipinski definition) is 2. The second-order valence-electron chi connectivity index (χ2n) is 7.50. The first kappa shape index (κ1) is 18.0. The van der Waals surface area contributed by atoms with Gasteiger partial charge in [-0.1, -0.05) is 23.4 Å². The molecule has 5 rings (SSSR count). The normalized spacial score (nSPS) is 19.0. The molecule has 2 aliphatic heterocycles. The minimum atomic E-state index is 0.329. The van der Waals surface area contributed by atoms with Gasteiger partial charge in [0.2, 0.25) is 0 Å². The van der Waals surface area contributed by atoms with Crippen LogP contribution in [0.2, 0.25) is 5.02 Å². The summed E-state index contributed by atoms with van der Waals surface area (Å²) in [6.45, 7) is 3.80. The smallest absolute Gasteiger partial charge is 0.143 e. The van der Waals surface area contributed by atoms with Crippen LogP contribution in [0.15, 0.2) is 34.4 Å². The molecular formula is C19H21ClN6OS. The van der Waals surface area contributed by atoms with Gasteiger partial charge in [-0.25, -0.2) is 9.97 Å². The Kier molecular flexibility index (Phi) is 4.57. The molecule has 0 aromatic carbocycles. The van der Waals surface area contributed by atoms with Crippen LogP contribution in [-0.4, -0.2) is 46.5 Å². The summed E-state index contributed by atoms with van der Waals surface area (Å²) in [6, 6.07) is 1.85. The number of nitrogens with two attached hydrogens (primary N) is 1. The highest BCUT2D eigenvalue weighted by Crippen LogP contribution is 2.42. The first-order valence-corrected chi connectivity index (χ1v) is 10.6. The SMILES string of the molecule is Nc1nccc(Sc2cnc(N3CCC4(CCOC4)CC3)c3cn[nH]c23)c1Cl. The third-order valence-electron chi connectivity index (χ3n) is 5.84. The lowest BCUT2D eigenvalue weighted by Crippen LogP contribution is -2.40. The number of rotatable bonds is 3. The summed E-state index contributed by atoms with van der Waals surface area (Å²) in [5, 5.41) is 8.89. The number of fused-ring (bicyclic) bond motifs is 1. The van der Waals surface area contributed by atoms with Crippen molar-refractivity contribution in [1.29, 1.82) is 0 Å². The summed E-state index contributed by atoms with van der Waals surface area (Å²) in [6.07, 6.45) is 8.88. The van der Waals surface area contributed by atoms with Crippen molar-refractivity contribution in [2.24, 2.45) is 5.41 Å². The average molecular weight is 417 g/mol. The summed E-state index contributed by atoms with van der Waals surface area (Å²) in [5.41, 5.74) is 7.17. The highest BCUT2D eigenvalue weighted by molar-refractivity contribution is 7.99. The van der Waals surface area contributed by atoms with Gasteiger partial charge < -0.3 is 15.4 Å². The van der Waals surface area contributed by atoms with Gasteiger partial charge in [-0.05, 0) is 30.7 Å². The molecule has 7 nitrogen and oxygen atoms in total. The van der Waals surface area contributed by atoms with Crippen molar-refractivity contribution in [3.8, 4) is 0 Å². The molecule has 0 saturated carbocycles. The van der Waals surface area contributed by atoms with Gasteiger partial charge in [0.1, 0.15) is 11.6 Å². The van der Waals surface area contributed by atoms with E-state index in [4.69, 9.17) is 27.1 Å². The van der Waals surface area contributed by atoms with Crippen LogP contribution < -0.4 is 10.6 Å². The lowest BCUT2D eigenvalue weighted by atomic mass is 9.78. The highest BCUT2D eigenvalue weighted by atomic mass is 35.5. The van der Waals surface area contributed by atoms with E-state index >= 15 is 0 Å². The molecular weight excluding hydrogens is 396 g/mol. The van der Waals surface area contributed by atoms with Crippen molar-refractivity contribution < 1.29 is 4.74 Å². The number of hydrogen-bond acceptors (Lipinski definition) is 7. The zero-order valence-corrected chi connectivity index (χ0v) is 16.9. The van der Waals surface area contributed by atoms with Crippen LogP contribution in [0.25, 0.3) is 10.9 Å². The lowest BCUT2D eigenvalue weighted by molar-refractivity contribution is 0.133. The third kappa shape index (κ3) is 3.09. The summed E-state index contributed by atoms with van der Waals surface area (Å²) >= 11 is 7.82. The van der Waals surface area contributed by atoms with Crippen molar-refractivity contribution in [2.45, 2.75) is 29.1 Å². The minimum Gasteiger partial charge on any atom is -0.382 e. The molecule has 0 bridgehead atoms. The molecule has 2 fully saturated rings. The Labute approximate surface area is 172 Å². The first-order valence-electron chi connectivity index (χ1n) is 9.38. The van der Waals surface area contributed by atoms with E-state index in [-0.39, 0.29) is 0 Å². The van der Waals surface area contributed by atoms with Gasteiger partial charge in [0.05, 0.1) is 33.6 Å². The van der Waals surface area contributed by atoms with E-state index < -0.39 is 0 Å². The monoisotopic (exact) mass is 416 g/mol. The van der Waals surface area contributed by atoms with Crippen LogP contribution in [-0.2, 0) is 4.74 Å². The number of H-pyrrole nitrogens is 1. The summed E-state index contributed by atoms with van der Waals surface area (Å²) in [4.78, 5) is 13.0. The molecule has 0 unspecified atom stereocenters. The van der Waals surface area contributed by atoms with E-state index in [1.807, 2.05) is 18.5 Å². The number of halogens is 1. The Hall–Kier alpha value is -2.03. The minimum absolute atomic E-state index is 0.329. The summed E-state index contributed by atoms with van der Waals surface area (Å²) in [7, 11) is 0. The number of nitrogens with zero attached hydrogens (tertiary/aromatic N) is 4. The Balaban J connectivity index is 1.43. The molecule has 0 amide bonds. The Bertz CT molecular complexity index is 1010. The van der Waals surface area contributed by atoms with Crippen molar-refractivity contribution in [3.63, 3.8) is 0 Å². The lowest BCUT2D eigenvalue weighted by Gasteiger charge is -2.39. The number of ether oxygens (including phenoxy) is 1. The number of nitrogens with one attached hydrogen (secondary N) is 1. The van der Waals surface area contributed by atoms with Crippen molar-refractivity contribution in [3.05, 3.63) is 29.7 Å². The van der Waals surface area contributed by atoms with Crippen LogP contribution >= 0.6 is 23.4 Å². The maximum atomic E-state index is 6.31. The maximum Gasteiger partial charge on any atom is 0.143 e. The average Bonchev–Trinajstić information content (AvgIpc) is 3.37. The van der Waals surface area contributed by atoms with Crippen LogP contribution in [0.3, 0.4) is 0 Å². The molecule has 146 valence electrons. The fourth-order valence-electron chi connectivity index (χ4n) is 4.10. The van der Waals surface area contributed by atoms with Crippen LogP contribution in [0, 0.1) is 5.41 Å². The molecule has 2 aliphatic rings. The fourth-order valence-corrected chi connectivity index (χ4v) is 5.25. The predicted octanol–water partition coefficient (Wildman–Crippen LogP) is 3.75. The Morgan fingerprint density at radius 2 is 2.04 bits per heavy atom. The number of piperidine rings is 1. The topological polar surface area (TPSA) is 92.9 Å². The molecule has 2 saturated heterocycles. The van der Waals surface area contributed by atoms with Crippen LogP contribution in [0.5, 0.6) is 0 Å². The predicted molar refractivity (Wildman–Crippen MR) is 111 cm³/mol. The zero-order valence-electron chi connectivity index (χ0n) is 15.3. The van der Waals surface area contributed by atoms with E-state index in [0.29, 0.717) is 16.3 Å². The third-order valence-corrected chi connectivity index (χ3v) is 7.44. The van der Waals surface area contributed by atoms with Crippen LogP contribution in [0.1, 0.15) is 19.3 Å². The number of anilines is 2. The molecule has 0 atom stereocenters. The van der Waals surface area contributed by atoms with Gasteiger partial charge in [0.25, 0.3) is 0 Å². The first-order chi connectivity index (χ1) is 13.7. The van der Waals surface area contributed by atoms with Crippen LogP contribution in [0.4, 0.5) is 11.6 Å². The number of aromatic nitrogens is 4. The molecule has 0 aliphatic carbocycles. The molecule has 28 heavy (non-hydrogen) atoms. The highest BCUT2D eigenvalue weighted by Gasteiger charge is 2.38. The van der Waals surface area contributed by atoms with Gasteiger partial charge in [-0.2, -0.15) is 5.10 Å². The largest absolute Gasteiger partial charge is 0.382 e. The molecule has 3 N–H and O–H groups in total. The summed E-state index contributed by atoms with van der Waals surface area (Å²) < 4.78 is 5.65. The van der Waals surface area contributed by atoms with E-state index in [1.165, 1.54) is 18.2 Å². The van der Waals surface area contributed by atoms with Gasteiger partial charge in [-0.3, -0.25) is 5.10 Å². The van der Waals surface area contributed by atoms with Crippen molar-refractivity contribution in [1.82, 2.24) is 20.2 Å². The van der Waals surface area contributed by atoms with Gasteiger partial charge >= 0.3 is 0 Å². The summed E-state index contributed by atoms with van der Waals surface area (Å²) in [5.74, 6) is 1.32. The Morgan fingerprint density at radius 3 is 2.82 bits per heavy atom. The maximum absolute atomic E-state index is 6.31. The van der Waals surface area contributed by atoms with Gasteiger partial charge in [0.15, 0.2) is 0 Å². The molecule has 0 radical (unpaired) electrons. The van der Waals surface area contributed by atoms with Crippen molar-refractivity contribution >= 4 is 45.9 Å². The molecule has 3 aromatic heterocycles. The quantitative estimate of drug-likeness (QED) is 0.671. The van der Waals surface area contributed by atoms with Gasteiger partial charge in [0, 0.05) is 37.0 Å². The standard InChI is InChI=1S/C19H21ClN6OS/c20-15-13(1-5-22-17(15)21)28-14-10-23-18(12-9-24-25-16(12)14)26-6-2-19(3-7-26)4-8-27-11-19/h1,5,9-10H,2-4,6-8,11H2,(H2,21,22)(H,24,25). The van der Waals surface area contributed by atoms with Crippen molar-refractivity contribution in [2.75, 3.05) is 36.9 Å². The molecule has 9 heteroatoms.